The average molecular weight is 242 g/mol. The zero-order valence-corrected chi connectivity index (χ0v) is 12.2. The third-order valence-electron chi connectivity index (χ3n) is 3.51. The third-order valence-corrected chi connectivity index (χ3v) is 3.51. The summed E-state index contributed by atoms with van der Waals surface area (Å²) in [7, 11) is 4.30. The van der Waals surface area contributed by atoms with Gasteiger partial charge >= 0.3 is 0 Å². The molecule has 0 amide bonds. The first-order valence-electron chi connectivity index (χ1n) is 6.97. The van der Waals surface area contributed by atoms with Crippen LogP contribution in [0.5, 0.6) is 0 Å². The third kappa shape index (κ3) is 5.84. The van der Waals surface area contributed by atoms with Gasteiger partial charge in [0.15, 0.2) is 0 Å². The number of likely N-dealkylation sites (N-methyl/N-ethyl adjacent to an activating group) is 1. The summed E-state index contributed by atoms with van der Waals surface area (Å²) >= 11 is 0. The van der Waals surface area contributed by atoms with E-state index in [9.17, 15) is 0 Å². The lowest BCUT2D eigenvalue weighted by atomic mass is 9.97. The first-order chi connectivity index (χ1) is 7.99. The van der Waals surface area contributed by atoms with Crippen LogP contribution in [0.4, 0.5) is 0 Å². The lowest BCUT2D eigenvalue weighted by Gasteiger charge is -2.29. The lowest BCUT2D eigenvalue weighted by Crippen LogP contribution is -2.46. The molecule has 3 nitrogen and oxygen atoms in total. The molecule has 0 aromatic rings. The summed E-state index contributed by atoms with van der Waals surface area (Å²) in [6.07, 6.45) is 2.46. The molecule has 3 atom stereocenters. The molecular weight excluding hydrogens is 212 g/mol. The number of nitrogens with zero attached hydrogens (tertiary/aromatic N) is 1. The van der Waals surface area contributed by atoms with Crippen LogP contribution in [-0.2, 0) is 4.74 Å². The van der Waals surface area contributed by atoms with Crippen molar-refractivity contribution in [2.75, 3.05) is 33.9 Å². The van der Waals surface area contributed by atoms with Crippen LogP contribution in [0, 0.1) is 11.8 Å². The molecular formula is C14H30N2O. The number of rotatable bonds is 7. The van der Waals surface area contributed by atoms with Crippen molar-refractivity contribution in [1.82, 2.24) is 10.2 Å². The van der Waals surface area contributed by atoms with Gasteiger partial charge in [0.2, 0.25) is 0 Å². The predicted molar refractivity (Wildman–Crippen MR) is 73.3 cm³/mol. The summed E-state index contributed by atoms with van der Waals surface area (Å²) in [5, 5.41) is 3.80. The zero-order chi connectivity index (χ0) is 12.8. The van der Waals surface area contributed by atoms with Crippen LogP contribution in [0.2, 0.25) is 0 Å². The Balaban J connectivity index is 2.40. The van der Waals surface area contributed by atoms with Gasteiger partial charge in [0.05, 0.1) is 6.61 Å². The van der Waals surface area contributed by atoms with Crippen molar-refractivity contribution >= 4 is 0 Å². The largest absolute Gasteiger partial charge is 0.381 e. The smallest absolute Gasteiger partial charge is 0.0509 e. The van der Waals surface area contributed by atoms with E-state index in [0.717, 1.165) is 25.7 Å². The molecule has 1 fully saturated rings. The van der Waals surface area contributed by atoms with Gasteiger partial charge in [-0.05, 0) is 45.7 Å². The van der Waals surface area contributed by atoms with Gasteiger partial charge in [-0.1, -0.05) is 13.8 Å². The number of ether oxygens (including phenoxy) is 1. The Labute approximate surface area is 107 Å². The van der Waals surface area contributed by atoms with Crippen LogP contribution >= 0.6 is 0 Å². The number of hydrogen-bond donors (Lipinski definition) is 1. The molecule has 0 bridgehead atoms. The molecule has 17 heavy (non-hydrogen) atoms. The molecule has 0 spiro atoms. The van der Waals surface area contributed by atoms with E-state index in [1.807, 2.05) is 0 Å². The van der Waals surface area contributed by atoms with Crippen LogP contribution in [-0.4, -0.2) is 50.8 Å². The Morgan fingerprint density at radius 2 is 2.00 bits per heavy atom. The second kappa shape index (κ2) is 7.34. The van der Waals surface area contributed by atoms with Crippen molar-refractivity contribution in [2.45, 2.75) is 45.7 Å². The fourth-order valence-corrected chi connectivity index (χ4v) is 2.66. The van der Waals surface area contributed by atoms with E-state index < -0.39 is 0 Å². The number of hydrogen-bond acceptors (Lipinski definition) is 3. The highest BCUT2D eigenvalue weighted by Gasteiger charge is 2.24. The minimum atomic E-state index is 0.571. The van der Waals surface area contributed by atoms with E-state index in [-0.39, 0.29) is 0 Å². The summed E-state index contributed by atoms with van der Waals surface area (Å²) in [6, 6.07) is 1.17. The normalized spacial score (nSPS) is 24.5. The van der Waals surface area contributed by atoms with Crippen molar-refractivity contribution in [3.05, 3.63) is 0 Å². The highest BCUT2D eigenvalue weighted by molar-refractivity contribution is 4.81. The Kier molecular flexibility index (Phi) is 6.45. The van der Waals surface area contributed by atoms with Crippen molar-refractivity contribution in [3.63, 3.8) is 0 Å². The van der Waals surface area contributed by atoms with Crippen molar-refractivity contribution in [3.8, 4) is 0 Å². The van der Waals surface area contributed by atoms with Gasteiger partial charge in [-0.2, -0.15) is 0 Å². The molecule has 102 valence electrons. The van der Waals surface area contributed by atoms with Crippen LogP contribution in [0.1, 0.15) is 33.6 Å². The van der Waals surface area contributed by atoms with Gasteiger partial charge in [0.1, 0.15) is 0 Å². The van der Waals surface area contributed by atoms with Gasteiger partial charge in [-0.15, -0.1) is 0 Å². The van der Waals surface area contributed by atoms with E-state index >= 15 is 0 Å². The summed E-state index contributed by atoms with van der Waals surface area (Å²) in [6.45, 7) is 9.91. The average Bonchev–Trinajstić information content (AvgIpc) is 2.67. The summed E-state index contributed by atoms with van der Waals surface area (Å²) in [4.78, 5) is 2.28. The predicted octanol–water partition coefficient (Wildman–Crippen LogP) is 1.98. The molecule has 3 unspecified atom stereocenters. The highest BCUT2D eigenvalue weighted by Crippen LogP contribution is 2.18. The van der Waals surface area contributed by atoms with Crippen LogP contribution in [0.25, 0.3) is 0 Å². The van der Waals surface area contributed by atoms with Crippen LogP contribution in [0.15, 0.2) is 0 Å². The fraction of sp³-hybridized carbons (Fsp3) is 1.00. The SMILES string of the molecule is CC(C)CC(CN(C)C)NC(C)C1CCOC1. The first kappa shape index (κ1) is 14.9. The fourth-order valence-electron chi connectivity index (χ4n) is 2.66. The molecule has 0 saturated carbocycles. The summed E-state index contributed by atoms with van der Waals surface area (Å²) in [5.41, 5.74) is 0. The minimum absolute atomic E-state index is 0.571. The Morgan fingerprint density at radius 1 is 1.29 bits per heavy atom. The topological polar surface area (TPSA) is 24.5 Å². The molecule has 0 aromatic heterocycles. The number of nitrogens with one attached hydrogen (secondary N) is 1. The maximum Gasteiger partial charge on any atom is 0.0509 e. The standard InChI is InChI=1S/C14H30N2O/c1-11(2)8-14(9-16(4)5)15-12(3)13-6-7-17-10-13/h11-15H,6-10H2,1-5H3. The second-order valence-electron chi connectivity index (χ2n) is 6.17. The van der Waals surface area contributed by atoms with Crippen molar-refractivity contribution in [1.29, 1.82) is 0 Å². The Morgan fingerprint density at radius 3 is 2.47 bits per heavy atom. The molecule has 1 aliphatic heterocycles. The van der Waals surface area contributed by atoms with E-state index in [2.05, 4.69) is 45.1 Å². The maximum absolute atomic E-state index is 5.47. The Hall–Kier alpha value is -0.120. The van der Waals surface area contributed by atoms with E-state index in [1.165, 1.54) is 12.8 Å². The quantitative estimate of drug-likeness (QED) is 0.739. The van der Waals surface area contributed by atoms with Gasteiger partial charge < -0.3 is 15.0 Å². The molecule has 0 radical (unpaired) electrons. The molecule has 3 heteroatoms. The highest BCUT2D eigenvalue weighted by atomic mass is 16.5. The van der Waals surface area contributed by atoms with Gasteiger partial charge in [-0.25, -0.2) is 0 Å². The molecule has 1 rings (SSSR count). The molecule has 0 aromatic carbocycles. The summed E-state index contributed by atoms with van der Waals surface area (Å²) < 4.78 is 5.47. The Bertz CT molecular complexity index is 190. The van der Waals surface area contributed by atoms with Crippen molar-refractivity contribution < 1.29 is 4.74 Å². The maximum atomic E-state index is 5.47. The molecule has 1 saturated heterocycles. The minimum Gasteiger partial charge on any atom is -0.381 e. The second-order valence-corrected chi connectivity index (χ2v) is 6.17. The zero-order valence-electron chi connectivity index (χ0n) is 12.2. The lowest BCUT2D eigenvalue weighted by molar-refractivity contribution is 0.173. The van der Waals surface area contributed by atoms with E-state index in [0.29, 0.717) is 18.0 Å². The molecule has 1 heterocycles. The summed E-state index contributed by atoms with van der Waals surface area (Å²) in [5.74, 6) is 1.45. The van der Waals surface area contributed by atoms with Crippen LogP contribution in [0.3, 0.4) is 0 Å². The van der Waals surface area contributed by atoms with Gasteiger partial charge in [0, 0.05) is 25.2 Å². The molecule has 1 aliphatic rings. The van der Waals surface area contributed by atoms with Gasteiger partial charge in [0.25, 0.3) is 0 Å². The molecule has 0 aliphatic carbocycles. The van der Waals surface area contributed by atoms with Crippen LogP contribution < -0.4 is 5.32 Å². The monoisotopic (exact) mass is 242 g/mol. The van der Waals surface area contributed by atoms with Crippen molar-refractivity contribution in [2.24, 2.45) is 11.8 Å². The van der Waals surface area contributed by atoms with Gasteiger partial charge in [-0.3, -0.25) is 0 Å². The van der Waals surface area contributed by atoms with E-state index in [1.54, 1.807) is 0 Å². The molecule has 1 N–H and O–H groups in total. The first-order valence-corrected chi connectivity index (χ1v) is 6.97. The van der Waals surface area contributed by atoms with E-state index in [4.69, 9.17) is 4.74 Å².